The lowest BCUT2D eigenvalue weighted by molar-refractivity contribution is 0.178. The summed E-state index contributed by atoms with van der Waals surface area (Å²) in [6, 6.07) is 0. The zero-order valence-electron chi connectivity index (χ0n) is 6.57. The van der Waals surface area contributed by atoms with Crippen LogP contribution in [0.4, 0.5) is 0 Å². The Bertz CT molecular complexity index is 130. The maximum absolute atomic E-state index is 10.1. The molecule has 5 heteroatoms. The van der Waals surface area contributed by atoms with Gasteiger partial charge in [0.2, 0.25) is 0 Å². The lowest BCUT2D eigenvalue weighted by Crippen LogP contribution is -2.40. The molecule has 1 rings (SSSR count). The van der Waals surface area contributed by atoms with Gasteiger partial charge in [0.15, 0.2) is 0 Å². The molecule has 1 heterocycles. The van der Waals surface area contributed by atoms with E-state index in [4.69, 9.17) is 5.84 Å². The van der Waals surface area contributed by atoms with Gasteiger partial charge in [0.25, 0.3) is 0 Å². The standard InChI is InChI=1S/C6H14N4O/c7-9-3-1-2-4-10(8-11)6-5-9/h1-7H2. The van der Waals surface area contributed by atoms with Gasteiger partial charge >= 0.3 is 0 Å². The van der Waals surface area contributed by atoms with Gasteiger partial charge in [-0.15, -0.1) is 4.91 Å². The van der Waals surface area contributed by atoms with Gasteiger partial charge < -0.3 is 0 Å². The Labute approximate surface area is 66.1 Å². The maximum Gasteiger partial charge on any atom is 0.0533 e. The fourth-order valence-corrected chi connectivity index (χ4v) is 1.16. The molecule has 1 aliphatic heterocycles. The first-order valence-corrected chi connectivity index (χ1v) is 3.91. The predicted molar refractivity (Wildman–Crippen MR) is 42.4 cm³/mol. The van der Waals surface area contributed by atoms with E-state index < -0.39 is 0 Å². The molecule has 1 saturated heterocycles. The van der Waals surface area contributed by atoms with E-state index in [-0.39, 0.29) is 0 Å². The fourth-order valence-electron chi connectivity index (χ4n) is 1.16. The number of nitroso groups, excluding NO2 is 1. The molecule has 5 nitrogen and oxygen atoms in total. The van der Waals surface area contributed by atoms with Gasteiger partial charge in [0.1, 0.15) is 0 Å². The zero-order valence-corrected chi connectivity index (χ0v) is 6.57. The second-order valence-corrected chi connectivity index (χ2v) is 2.78. The Balaban J connectivity index is 2.31. The van der Waals surface area contributed by atoms with Crippen molar-refractivity contribution in [2.45, 2.75) is 12.8 Å². The van der Waals surface area contributed by atoms with Crippen LogP contribution in [0.5, 0.6) is 0 Å². The summed E-state index contributed by atoms with van der Waals surface area (Å²) in [6.45, 7) is 3.08. The van der Waals surface area contributed by atoms with E-state index in [0.717, 1.165) is 32.5 Å². The summed E-state index contributed by atoms with van der Waals surface area (Å²) in [5, 5.41) is 6.14. The van der Waals surface area contributed by atoms with Crippen molar-refractivity contribution in [2.75, 3.05) is 26.2 Å². The number of hydrazine groups is 1. The molecule has 1 fully saturated rings. The second-order valence-electron chi connectivity index (χ2n) is 2.78. The van der Waals surface area contributed by atoms with Crippen LogP contribution in [-0.2, 0) is 0 Å². The molecule has 0 aromatic rings. The van der Waals surface area contributed by atoms with Gasteiger partial charge in [0.05, 0.1) is 11.8 Å². The molecule has 1 aliphatic rings. The Hall–Kier alpha value is -0.680. The SMILES string of the molecule is NN1CCCCN(N=O)CC1. The lowest BCUT2D eigenvalue weighted by Gasteiger charge is -2.23. The molecule has 0 radical (unpaired) electrons. The van der Waals surface area contributed by atoms with Gasteiger partial charge in [-0.2, -0.15) is 0 Å². The van der Waals surface area contributed by atoms with Crippen molar-refractivity contribution in [3.63, 3.8) is 0 Å². The molecule has 2 N–H and O–H groups in total. The largest absolute Gasteiger partial charge is 0.269 e. The van der Waals surface area contributed by atoms with Crippen molar-refractivity contribution in [1.82, 2.24) is 10.0 Å². The Morgan fingerprint density at radius 1 is 1.09 bits per heavy atom. The van der Waals surface area contributed by atoms with Crippen LogP contribution in [0.25, 0.3) is 0 Å². The average Bonchev–Trinajstić information content (AvgIpc) is 1.98. The highest BCUT2D eigenvalue weighted by Gasteiger charge is 2.08. The quantitative estimate of drug-likeness (QED) is 0.429. The molecular weight excluding hydrogens is 144 g/mol. The highest BCUT2D eigenvalue weighted by atomic mass is 16.3. The van der Waals surface area contributed by atoms with Gasteiger partial charge in [-0.1, -0.05) is 0 Å². The fraction of sp³-hybridized carbons (Fsp3) is 1.00. The Kier molecular flexibility index (Phi) is 3.25. The van der Waals surface area contributed by atoms with E-state index in [0.29, 0.717) is 6.54 Å². The molecule has 0 aromatic heterocycles. The van der Waals surface area contributed by atoms with E-state index >= 15 is 0 Å². The van der Waals surface area contributed by atoms with Crippen LogP contribution < -0.4 is 5.84 Å². The van der Waals surface area contributed by atoms with Crippen molar-refractivity contribution in [3.8, 4) is 0 Å². The summed E-state index contributed by atoms with van der Waals surface area (Å²) in [6.07, 6.45) is 2.04. The highest BCUT2D eigenvalue weighted by Crippen LogP contribution is 2.00. The summed E-state index contributed by atoms with van der Waals surface area (Å²) < 4.78 is 0. The van der Waals surface area contributed by atoms with Crippen LogP contribution in [0, 0.1) is 4.91 Å². The summed E-state index contributed by atoms with van der Waals surface area (Å²) >= 11 is 0. The van der Waals surface area contributed by atoms with Crippen molar-refractivity contribution < 1.29 is 0 Å². The third-order valence-electron chi connectivity index (χ3n) is 1.87. The highest BCUT2D eigenvalue weighted by molar-refractivity contribution is 4.60. The number of hydrogen-bond acceptors (Lipinski definition) is 4. The summed E-state index contributed by atoms with van der Waals surface area (Å²) in [7, 11) is 0. The smallest absolute Gasteiger partial charge is 0.0533 e. The molecule has 0 aromatic carbocycles. The summed E-state index contributed by atoms with van der Waals surface area (Å²) in [5.41, 5.74) is 0. The predicted octanol–water partition coefficient (Wildman–Crippen LogP) is -0.0607. The van der Waals surface area contributed by atoms with E-state index in [1.54, 1.807) is 5.01 Å². The third-order valence-corrected chi connectivity index (χ3v) is 1.87. The lowest BCUT2D eigenvalue weighted by atomic mass is 10.2. The van der Waals surface area contributed by atoms with Crippen LogP contribution in [0.15, 0.2) is 5.29 Å². The van der Waals surface area contributed by atoms with Crippen LogP contribution in [0.2, 0.25) is 0 Å². The summed E-state index contributed by atoms with van der Waals surface area (Å²) in [4.78, 5) is 10.1. The molecule has 0 aliphatic carbocycles. The van der Waals surface area contributed by atoms with Crippen molar-refractivity contribution >= 4 is 0 Å². The Morgan fingerprint density at radius 2 is 1.82 bits per heavy atom. The summed E-state index contributed by atoms with van der Waals surface area (Å²) in [5.74, 6) is 5.58. The molecule has 0 unspecified atom stereocenters. The van der Waals surface area contributed by atoms with Crippen LogP contribution >= 0.6 is 0 Å². The van der Waals surface area contributed by atoms with Crippen LogP contribution in [0.3, 0.4) is 0 Å². The topological polar surface area (TPSA) is 61.9 Å². The first kappa shape index (κ1) is 8.42. The van der Waals surface area contributed by atoms with Gasteiger partial charge in [-0.3, -0.25) is 10.9 Å². The molecule has 0 bridgehead atoms. The number of nitrogens with zero attached hydrogens (tertiary/aromatic N) is 3. The van der Waals surface area contributed by atoms with Gasteiger partial charge in [0, 0.05) is 19.6 Å². The number of hydrogen-bond donors (Lipinski definition) is 1. The second kappa shape index (κ2) is 4.25. The number of rotatable bonds is 1. The normalized spacial score (nSPS) is 22.5. The monoisotopic (exact) mass is 158 g/mol. The minimum Gasteiger partial charge on any atom is -0.269 e. The maximum atomic E-state index is 10.1. The van der Waals surface area contributed by atoms with Crippen molar-refractivity contribution in [3.05, 3.63) is 4.91 Å². The van der Waals surface area contributed by atoms with E-state index in [2.05, 4.69) is 5.29 Å². The average molecular weight is 158 g/mol. The zero-order chi connectivity index (χ0) is 8.10. The third kappa shape index (κ3) is 2.81. The molecule has 0 atom stereocenters. The molecule has 0 spiro atoms. The minimum absolute atomic E-state index is 0.653. The van der Waals surface area contributed by atoms with Crippen molar-refractivity contribution in [1.29, 1.82) is 0 Å². The van der Waals surface area contributed by atoms with Crippen LogP contribution in [0.1, 0.15) is 12.8 Å². The van der Waals surface area contributed by atoms with E-state index in [9.17, 15) is 4.91 Å². The van der Waals surface area contributed by atoms with E-state index in [1.807, 2.05) is 0 Å². The van der Waals surface area contributed by atoms with E-state index in [1.165, 1.54) is 5.01 Å². The van der Waals surface area contributed by atoms with Gasteiger partial charge in [-0.25, -0.2) is 5.01 Å². The molecule has 0 amide bonds. The van der Waals surface area contributed by atoms with Gasteiger partial charge in [-0.05, 0) is 12.8 Å². The molecule has 11 heavy (non-hydrogen) atoms. The Morgan fingerprint density at radius 3 is 2.55 bits per heavy atom. The molecule has 64 valence electrons. The first-order chi connectivity index (χ1) is 5.33. The molecule has 0 saturated carbocycles. The van der Waals surface area contributed by atoms with Crippen LogP contribution in [-0.4, -0.2) is 36.2 Å². The first-order valence-electron chi connectivity index (χ1n) is 3.91. The number of nitrogens with two attached hydrogens (primary N) is 1. The minimum atomic E-state index is 0.653. The molecular formula is C6H14N4O. The van der Waals surface area contributed by atoms with Crippen molar-refractivity contribution in [2.24, 2.45) is 11.1 Å².